The van der Waals surface area contributed by atoms with Gasteiger partial charge in [-0.15, -0.1) is 0 Å². The highest BCUT2D eigenvalue weighted by molar-refractivity contribution is 6.30. The predicted octanol–water partition coefficient (Wildman–Crippen LogP) is 3.74. The van der Waals surface area contributed by atoms with Crippen molar-refractivity contribution in [1.29, 1.82) is 0 Å². The Morgan fingerprint density at radius 2 is 1.82 bits per heavy atom. The SMILES string of the molecule is NC1CCCCC1CC(=O)N(Cc1ccc(Cl)cc1)C1CC1. The zero-order chi connectivity index (χ0) is 15.5. The second-order valence-electron chi connectivity index (χ2n) is 6.79. The number of carbonyl (C=O) groups excluding carboxylic acids is 1. The molecule has 3 nitrogen and oxygen atoms in total. The minimum absolute atomic E-state index is 0.203. The number of amides is 1. The fourth-order valence-electron chi connectivity index (χ4n) is 3.42. The smallest absolute Gasteiger partial charge is 0.223 e. The van der Waals surface area contributed by atoms with Gasteiger partial charge < -0.3 is 10.6 Å². The average molecular weight is 321 g/mol. The van der Waals surface area contributed by atoms with Crippen molar-refractivity contribution in [2.24, 2.45) is 11.7 Å². The molecule has 22 heavy (non-hydrogen) atoms. The molecule has 1 aromatic rings. The van der Waals surface area contributed by atoms with Crippen LogP contribution in [0.2, 0.25) is 5.02 Å². The second-order valence-corrected chi connectivity index (χ2v) is 7.23. The number of nitrogens with zero attached hydrogens (tertiary/aromatic N) is 1. The lowest BCUT2D eigenvalue weighted by molar-refractivity contribution is -0.133. The molecule has 120 valence electrons. The molecule has 1 amide bonds. The van der Waals surface area contributed by atoms with Gasteiger partial charge in [-0.1, -0.05) is 36.6 Å². The van der Waals surface area contributed by atoms with E-state index in [1.807, 2.05) is 24.3 Å². The molecule has 4 heteroatoms. The lowest BCUT2D eigenvalue weighted by Crippen LogP contribution is -2.39. The summed E-state index contributed by atoms with van der Waals surface area (Å²) in [6.45, 7) is 0.697. The predicted molar refractivity (Wildman–Crippen MR) is 89.6 cm³/mol. The molecule has 0 saturated heterocycles. The summed E-state index contributed by atoms with van der Waals surface area (Å²) >= 11 is 5.94. The minimum Gasteiger partial charge on any atom is -0.335 e. The van der Waals surface area contributed by atoms with Crippen molar-refractivity contribution in [3.05, 3.63) is 34.9 Å². The fraction of sp³-hybridized carbons (Fsp3) is 0.611. The third kappa shape index (κ3) is 4.02. The van der Waals surface area contributed by atoms with Crippen LogP contribution in [0.1, 0.15) is 50.5 Å². The maximum absolute atomic E-state index is 12.8. The minimum atomic E-state index is 0.203. The third-order valence-corrected chi connectivity index (χ3v) is 5.23. The first-order valence-electron chi connectivity index (χ1n) is 8.43. The third-order valence-electron chi connectivity index (χ3n) is 4.98. The largest absolute Gasteiger partial charge is 0.335 e. The van der Waals surface area contributed by atoms with Gasteiger partial charge in [-0.05, 0) is 49.3 Å². The van der Waals surface area contributed by atoms with Crippen molar-refractivity contribution in [3.63, 3.8) is 0 Å². The molecule has 2 unspecified atom stereocenters. The first kappa shape index (κ1) is 15.8. The van der Waals surface area contributed by atoms with Crippen molar-refractivity contribution in [3.8, 4) is 0 Å². The molecule has 2 saturated carbocycles. The molecule has 1 aromatic carbocycles. The molecule has 2 fully saturated rings. The van der Waals surface area contributed by atoms with Gasteiger partial charge in [0.25, 0.3) is 0 Å². The van der Waals surface area contributed by atoms with Gasteiger partial charge >= 0.3 is 0 Å². The quantitative estimate of drug-likeness (QED) is 0.898. The zero-order valence-electron chi connectivity index (χ0n) is 13.0. The molecule has 0 spiro atoms. The molecule has 2 aliphatic rings. The zero-order valence-corrected chi connectivity index (χ0v) is 13.8. The van der Waals surface area contributed by atoms with Gasteiger partial charge in [0.05, 0.1) is 0 Å². The number of halogens is 1. The summed E-state index contributed by atoms with van der Waals surface area (Å²) in [7, 11) is 0. The summed E-state index contributed by atoms with van der Waals surface area (Å²) in [6, 6.07) is 8.44. The fourth-order valence-corrected chi connectivity index (χ4v) is 3.55. The van der Waals surface area contributed by atoms with Gasteiger partial charge in [0.15, 0.2) is 0 Å². The normalized spacial score (nSPS) is 25.0. The molecule has 0 heterocycles. The standard InChI is InChI=1S/C18H25ClN2O/c19-15-7-5-13(6-8-15)12-21(16-9-10-16)18(22)11-14-3-1-2-4-17(14)20/h5-8,14,16-17H,1-4,9-12,20H2. The van der Waals surface area contributed by atoms with Gasteiger partial charge in [-0.2, -0.15) is 0 Å². The second kappa shape index (κ2) is 7.01. The van der Waals surface area contributed by atoms with Crippen molar-refractivity contribution < 1.29 is 4.79 Å². The lowest BCUT2D eigenvalue weighted by atomic mass is 9.82. The van der Waals surface area contributed by atoms with E-state index in [1.165, 1.54) is 12.8 Å². The van der Waals surface area contributed by atoms with Crippen molar-refractivity contribution in [1.82, 2.24) is 4.90 Å². The molecule has 2 N–H and O–H groups in total. The molecule has 0 aliphatic heterocycles. The Labute approximate surface area is 137 Å². The van der Waals surface area contributed by atoms with Crippen molar-refractivity contribution in [2.45, 2.75) is 63.6 Å². The molecule has 2 atom stereocenters. The van der Waals surface area contributed by atoms with Crippen LogP contribution in [0.3, 0.4) is 0 Å². The summed E-state index contributed by atoms with van der Waals surface area (Å²) in [5.74, 6) is 0.646. The molecule has 0 radical (unpaired) electrons. The highest BCUT2D eigenvalue weighted by atomic mass is 35.5. The number of benzene rings is 1. The molecular formula is C18H25ClN2O. The van der Waals surface area contributed by atoms with Gasteiger partial charge in [0.1, 0.15) is 0 Å². The summed E-state index contributed by atoms with van der Waals surface area (Å²) in [4.78, 5) is 14.8. The topological polar surface area (TPSA) is 46.3 Å². The van der Waals surface area contributed by atoms with E-state index < -0.39 is 0 Å². The molecule has 2 aliphatic carbocycles. The number of hydrogen-bond donors (Lipinski definition) is 1. The number of nitrogens with two attached hydrogens (primary N) is 1. The Bertz CT molecular complexity index is 512. The molecule has 3 rings (SSSR count). The van der Waals surface area contributed by atoms with E-state index in [-0.39, 0.29) is 11.9 Å². The number of hydrogen-bond acceptors (Lipinski definition) is 2. The van der Waals surface area contributed by atoms with Crippen LogP contribution in [0, 0.1) is 5.92 Å². The van der Waals surface area contributed by atoms with E-state index in [0.29, 0.717) is 24.9 Å². The summed E-state index contributed by atoms with van der Waals surface area (Å²) in [6.07, 6.45) is 7.48. The van der Waals surface area contributed by atoms with E-state index in [1.54, 1.807) is 0 Å². The van der Waals surface area contributed by atoms with Crippen molar-refractivity contribution in [2.75, 3.05) is 0 Å². The monoisotopic (exact) mass is 320 g/mol. The van der Waals surface area contributed by atoms with E-state index in [9.17, 15) is 4.79 Å². The highest BCUT2D eigenvalue weighted by Crippen LogP contribution is 2.32. The first-order valence-corrected chi connectivity index (χ1v) is 8.81. The molecule has 0 aromatic heterocycles. The average Bonchev–Trinajstić information content (AvgIpc) is 3.33. The highest BCUT2D eigenvalue weighted by Gasteiger charge is 2.34. The van der Waals surface area contributed by atoms with E-state index in [2.05, 4.69) is 4.90 Å². The number of carbonyl (C=O) groups is 1. The summed E-state index contributed by atoms with van der Waals surface area (Å²) in [5.41, 5.74) is 7.35. The van der Waals surface area contributed by atoms with Gasteiger partial charge in [0.2, 0.25) is 5.91 Å². The Morgan fingerprint density at radius 1 is 1.14 bits per heavy atom. The van der Waals surface area contributed by atoms with E-state index >= 15 is 0 Å². The summed E-state index contributed by atoms with van der Waals surface area (Å²) in [5, 5.41) is 0.737. The molecular weight excluding hydrogens is 296 g/mol. The summed E-state index contributed by atoms with van der Waals surface area (Å²) < 4.78 is 0. The van der Waals surface area contributed by atoms with Crippen LogP contribution in [0.4, 0.5) is 0 Å². The van der Waals surface area contributed by atoms with Gasteiger partial charge in [-0.3, -0.25) is 4.79 Å². The Balaban J connectivity index is 1.62. The van der Waals surface area contributed by atoms with Crippen LogP contribution in [-0.2, 0) is 11.3 Å². The van der Waals surface area contributed by atoms with Gasteiger partial charge in [-0.25, -0.2) is 0 Å². The van der Waals surface area contributed by atoms with E-state index in [0.717, 1.165) is 36.3 Å². The lowest BCUT2D eigenvalue weighted by Gasteiger charge is -2.31. The van der Waals surface area contributed by atoms with Crippen LogP contribution in [0.5, 0.6) is 0 Å². The van der Waals surface area contributed by atoms with Gasteiger partial charge in [0, 0.05) is 30.1 Å². The van der Waals surface area contributed by atoms with Crippen LogP contribution in [0.25, 0.3) is 0 Å². The van der Waals surface area contributed by atoms with Crippen LogP contribution < -0.4 is 5.73 Å². The Morgan fingerprint density at radius 3 is 2.45 bits per heavy atom. The Kier molecular flexibility index (Phi) is 5.04. The van der Waals surface area contributed by atoms with Crippen molar-refractivity contribution >= 4 is 17.5 Å². The Hall–Kier alpha value is -1.06. The van der Waals surface area contributed by atoms with E-state index in [4.69, 9.17) is 17.3 Å². The maximum atomic E-state index is 12.8. The van der Waals surface area contributed by atoms with Crippen LogP contribution in [-0.4, -0.2) is 22.9 Å². The maximum Gasteiger partial charge on any atom is 0.223 e. The number of rotatable bonds is 5. The molecule has 0 bridgehead atoms. The van der Waals surface area contributed by atoms with Crippen LogP contribution >= 0.6 is 11.6 Å². The first-order chi connectivity index (χ1) is 10.6. The van der Waals surface area contributed by atoms with Crippen LogP contribution in [0.15, 0.2) is 24.3 Å².